The summed E-state index contributed by atoms with van der Waals surface area (Å²) < 4.78 is 0. The van der Waals surface area contributed by atoms with E-state index in [2.05, 4.69) is 68.0 Å². The van der Waals surface area contributed by atoms with Crippen molar-refractivity contribution in [1.82, 2.24) is 0 Å². The van der Waals surface area contributed by atoms with Gasteiger partial charge in [0.25, 0.3) is 0 Å². The third-order valence-corrected chi connectivity index (χ3v) is 3.05. The zero-order chi connectivity index (χ0) is 10.1. The maximum Gasteiger partial charge on any atom is 0.139 e. The molecule has 0 amide bonds. The van der Waals surface area contributed by atoms with E-state index in [1.807, 2.05) is 0 Å². The molecule has 3 rings (SSSR count). The molecule has 15 heavy (non-hydrogen) atoms. The molecule has 0 heterocycles. The molecule has 0 saturated carbocycles. The van der Waals surface area contributed by atoms with Gasteiger partial charge in [-0.2, -0.15) is 0 Å². The van der Waals surface area contributed by atoms with E-state index in [1.165, 1.54) is 11.1 Å². The summed E-state index contributed by atoms with van der Waals surface area (Å²) in [5, 5.41) is 0. The van der Waals surface area contributed by atoms with Crippen molar-refractivity contribution in [2.45, 2.75) is 11.6 Å². The first-order valence-electron chi connectivity index (χ1n) is 5.40. The summed E-state index contributed by atoms with van der Waals surface area (Å²) in [6, 6.07) is 8.62. The molecule has 1 atom stereocenters. The lowest BCUT2D eigenvalue weighted by atomic mass is 9.54. The quantitative estimate of drug-likeness (QED) is 0.628. The second-order valence-corrected chi connectivity index (χ2v) is 4.05. The van der Waals surface area contributed by atoms with Crippen LogP contribution in [0.2, 0.25) is 5.82 Å². The maximum atomic E-state index is 2.39. The van der Waals surface area contributed by atoms with Gasteiger partial charge in [0.1, 0.15) is 7.28 Å². The highest BCUT2D eigenvalue weighted by molar-refractivity contribution is 6.43. The molecule has 0 spiro atoms. The second kappa shape index (κ2) is 3.58. The van der Waals surface area contributed by atoms with Gasteiger partial charge in [-0.1, -0.05) is 60.7 Å². The third-order valence-electron chi connectivity index (χ3n) is 3.05. The first-order valence-corrected chi connectivity index (χ1v) is 5.40. The molecule has 0 saturated heterocycles. The van der Waals surface area contributed by atoms with E-state index in [4.69, 9.17) is 0 Å². The summed E-state index contributed by atoms with van der Waals surface area (Å²) in [5.74, 6) is 0.990. The molecule has 2 aliphatic rings. The maximum absolute atomic E-state index is 2.39. The average Bonchev–Trinajstić information content (AvgIpc) is 2.89. The van der Waals surface area contributed by atoms with Crippen LogP contribution in [0.4, 0.5) is 0 Å². The molecule has 0 nitrogen and oxygen atoms in total. The number of hydrogen-bond donors (Lipinski definition) is 0. The first kappa shape index (κ1) is 8.78. The Balaban J connectivity index is 1.82. The minimum atomic E-state index is 0.485. The van der Waals surface area contributed by atoms with E-state index < -0.39 is 0 Å². The van der Waals surface area contributed by atoms with Gasteiger partial charge in [0.15, 0.2) is 0 Å². The van der Waals surface area contributed by atoms with Crippen molar-refractivity contribution in [3.63, 3.8) is 0 Å². The van der Waals surface area contributed by atoms with E-state index >= 15 is 0 Å². The Bertz CT molecular complexity index is 442. The van der Waals surface area contributed by atoms with Crippen LogP contribution in [0.5, 0.6) is 0 Å². The highest BCUT2D eigenvalue weighted by Gasteiger charge is 2.20. The van der Waals surface area contributed by atoms with Crippen LogP contribution in [0, 0.1) is 0 Å². The Kier molecular flexibility index (Phi) is 2.10. The van der Waals surface area contributed by atoms with Gasteiger partial charge in [-0.3, -0.25) is 0 Å². The van der Waals surface area contributed by atoms with Crippen LogP contribution in [-0.4, -0.2) is 7.28 Å². The van der Waals surface area contributed by atoms with Crippen molar-refractivity contribution in [2.75, 3.05) is 0 Å². The predicted octanol–water partition coefficient (Wildman–Crippen LogP) is 3.37. The highest BCUT2D eigenvalue weighted by Crippen LogP contribution is 2.32. The van der Waals surface area contributed by atoms with E-state index in [9.17, 15) is 0 Å². The number of fused-ring (bicyclic) bond motifs is 1. The van der Waals surface area contributed by atoms with Crippen molar-refractivity contribution < 1.29 is 0 Å². The number of rotatable bonds is 2. The molecule has 1 aromatic carbocycles. The fourth-order valence-electron chi connectivity index (χ4n) is 2.26. The monoisotopic (exact) mass is 191 g/mol. The minimum absolute atomic E-state index is 0.485. The standard InChI is InChI=1S/C14H12B/c1-4-8-13-11(5-1)9-10-14(13)15-12-6-2-3-7-12/h1-10,12,14H. The molecule has 0 N–H and O–H groups in total. The molecule has 0 bridgehead atoms. The van der Waals surface area contributed by atoms with Crippen molar-refractivity contribution >= 4 is 13.4 Å². The number of hydrogen-bond acceptors (Lipinski definition) is 0. The van der Waals surface area contributed by atoms with Gasteiger partial charge in [0.05, 0.1) is 0 Å². The summed E-state index contributed by atoms with van der Waals surface area (Å²) in [6.07, 6.45) is 13.2. The Morgan fingerprint density at radius 1 is 0.933 bits per heavy atom. The first-order chi connectivity index (χ1) is 7.43. The van der Waals surface area contributed by atoms with Crippen LogP contribution in [0.15, 0.2) is 54.6 Å². The molecule has 71 valence electrons. The van der Waals surface area contributed by atoms with Crippen molar-refractivity contribution in [2.24, 2.45) is 0 Å². The fraction of sp³-hybridized carbons (Fsp3) is 0.143. The lowest BCUT2D eigenvalue weighted by Gasteiger charge is -2.11. The Morgan fingerprint density at radius 2 is 1.73 bits per heavy atom. The van der Waals surface area contributed by atoms with E-state index in [-0.39, 0.29) is 0 Å². The summed E-state index contributed by atoms with van der Waals surface area (Å²) in [4.78, 5) is 0. The van der Waals surface area contributed by atoms with E-state index in [0.717, 1.165) is 0 Å². The smallest absolute Gasteiger partial charge is 0.0856 e. The average molecular weight is 191 g/mol. The van der Waals surface area contributed by atoms with Crippen LogP contribution in [0.1, 0.15) is 16.9 Å². The Labute approximate surface area is 91.3 Å². The van der Waals surface area contributed by atoms with Gasteiger partial charge in [-0.05, 0) is 22.8 Å². The van der Waals surface area contributed by atoms with Gasteiger partial charge >= 0.3 is 0 Å². The van der Waals surface area contributed by atoms with Crippen LogP contribution >= 0.6 is 0 Å². The van der Waals surface area contributed by atoms with E-state index in [1.54, 1.807) is 0 Å². The van der Waals surface area contributed by atoms with Crippen molar-refractivity contribution in [3.05, 3.63) is 65.8 Å². The summed E-state index contributed by atoms with van der Waals surface area (Å²) in [6.45, 7) is 0. The van der Waals surface area contributed by atoms with Crippen LogP contribution in [-0.2, 0) is 0 Å². The third kappa shape index (κ3) is 1.59. The van der Waals surface area contributed by atoms with Crippen LogP contribution < -0.4 is 0 Å². The van der Waals surface area contributed by atoms with Crippen molar-refractivity contribution in [3.8, 4) is 0 Å². The number of benzene rings is 1. The van der Waals surface area contributed by atoms with Crippen LogP contribution in [0.25, 0.3) is 6.08 Å². The topological polar surface area (TPSA) is 0 Å². The summed E-state index contributed by atoms with van der Waals surface area (Å²) in [5.41, 5.74) is 2.80. The Morgan fingerprint density at radius 3 is 2.60 bits per heavy atom. The van der Waals surface area contributed by atoms with Crippen molar-refractivity contribution in [1.29, 1.82) is 0 Å². The lowest BCUT2D eigenvalue weighted by molar-refractivity contribution is 1.18. The molecule has 2 aliphatic carbocycles. The normalized spacial score (nSPS) is 22.3. The summed E-state index contributed by atoms with van der Waals surface area (Å²) in [7, 11) is 2.39. The zero-order valence-corrected chi connectivity index (χ0v) is 8.51. The lowest BCUT2D eigenvalue weighted by Crippen LogP contribution is -2.07. The molecule has 0 fully saturated rings. The van der Waals surface area contributed by atoms with Gasteiger partial charge in [-0.15, -0.1) is 0 Å². The molecular weight excluding hydrogens is 179 g/mol. The fourth-order valence-corrected chi connectivity index (χ4v) is 2.26. The molecule has 1 aromatic rings. The van der Waals surface area contributed by atoms with Gasteiger partial charge in [-0.25, -0.2) is 0 Å². The SMILES string of the molecule is [B](C1C=CC=C1)C1C=Cc2ccccc21. The minimum Gasteiger partial charge on any atom is -0.0856 e. The van der Waals surface area contributed by atoms with E-state index in [0.29, 0.717) is 11.6 Å². The van der Waals surface area contributed by atoms with Gasteiger partial charge in [0.2, 0.25) is 0 Å². The van der Waals surface area contributed by atoms with Gasteiger partial charge in [0, 0.05) is 0 Å². The van der Waals surface area contributed by atoms with Gasteiger partial charge < -0.3 is 0 Å². The molecular formula is C14H12B. The number of allylic oxidation sites excluding steroid dienone is 5. The largest absolute Gasteiger partial charge is 0.139 e. The molecule has 1 radical (unpaired) electrons. The molecule has 1 unspecified atom stereocenters. The zero-order valence-electron chi connectivity index (χ0n) is 8.51. The highest BCUT2D eigenvalue weighted by atomic mass is 14.1. The summed E-state index contributed by atoms with van der Waals surface area (Å²) >= 11 is 0. The molecule has 0 aliphatic heterocycles. The Hall–Kier alpha value is -1.50. The molecule has 1 heteroatoms. The second-order valence-electron chi connectivity index (χ2n) is 4.05. The van der Waals surface area contributed by atoms with Crippen LogP contribution in [0.3, 0.4) is 0 Å². The predicted molar refractivity (Wildman–Crippen MR) is 66.0 cm³/mol. The molecule has 0 aromatic heterocycles.